The molecule has 0 aliphatic heterocycles. The number of rotatable bonds is 5. The monoisotopic (exact) mass is 407 g/mol. The van der Waals surface area contributed by atoms with Gasteiger partial charge in [-0.2, -0.15) is 14.0 Å². The topological polar surface area (TPSA) is 105 Å². The standard InChI is InChI=1S/C19H13N5O2S2/c1-27-19-21-17(14(9-20)18(25)22-19)12-3-5-13(6-4-12)26-10-11-2-7-15-16(8-11)24-28-23-15/h2-8H,10H2,1H3,(H,21,22,25). The number of nitrogens with one attached hydrogen (secondary N) is 1. The van der Waals surface area contributed by atoms with Gasteiger partial charge >= 0.3 is 0 Å². The zero-order valence-corrected chi connectivity index (χ0v) is 16.3. The normalized spacial score (nSPS) is 10.7. The second-order valence-electron chi connectivity index (χ2n) is 5.81. The molecule has 0 fully saturated rings. The van der Waals surface area contributed by atoms with Crippen LogP contribution in [0, 0.1) is 11.3 Å². The Balaban J connectivity index is 1.55. The lowest BCUT2D eigenvalue weighted by Crippen LogP contribution is -2.14. The summed E-state index contributed by atoms with van der Waals surface area (Å²) in [5, 5.41) is 9.76. The number of hydrogen-bond donors (Lipinski definition) is 1. The number of nitriles is 1. The van der Waals surface area contributed by atoms with Gasteiger partial charge in [-0.3, -0.25) is 4.79 Å². The van der Waals surface area contributed by atoms with Gasteiger partial charge in [-0.1, -0.05) is 17.8 Å². The first-order valence-corrected chi connectivity index (χ1v) is 10.2. The van der Waals surface area contributed by atoms with Crippen molar-refractivity contribution >= 4 is 34.5 Å². The summed E-state index contributed by atoms with van der Waals surface area (Å²) in [7, 11) is 0. The van der Waals surface area contributed by atoms with Crippen molar-refractivity contribution in [1.29, 1.82) is 5.26 Å². The number of hydrogen-bond acceptors (Lipinski definition) is 8. The summed E-state index contributed by atoms with van der Waals surface area (Å²) in [5.74, 6) is 0.675. The number of ether oxygens (including phenoxy) is 1. The number of aromatic amines is 1. The Bertz CT molecular complexity index is 1240. The highest BCUT2D eigenvalue weighted by Gasteiger charge is 2.13. The molecule has 9 heteroatoms. The summed E-state index contributed by atoms with van der Waals surface area (Å²) in [6.07, 6.45) is 1.81. The first-order valence-electron chi connectivity index (χ1n) is 8.21. The molecule has 0 saturated carbocycles. The van der Waals surface area contributed by atoms with Gasteiger partial charge < -0.3 is 9.72 Å². The van der Waals surface area contributed by atoms with E-state index in [1.165, 1.54) is 23.5 Å². The van der Waals surface area contributed by atoms with Crippen LogP contribution in [0.1, 0.15) is 11.1 Å². The Morgan fingerprint density at radius 2 is 1.96 bits per heavy atom. The molecule has 2 aromatic heterocycles. The first kappa shape index (κ1) is 18.2. The largest absolute Gasteiger partial charge is 0.489 e. The van der Waals surface area contributed by atoms with Gasteiger partial charge in [0.05, 0.1) is 17.4 Å². The minimum Gasteiger partial charge on any atom is -0.489 e. The smallest absolute Gasteiger partial charge is 0.270 e. The molecule has 1 N–H and O–H groups in total. The van der Waals surface area contributed by atoms with Gasteiger partial charge in [0, 0.05) is 5.56 Å². The van der Waals surface area contributed by atoms with Gasteiger partial charge in [0.1, 0.15) is 35.0 Å². The molecule has 0 unspecified atom stereocenters. The van der Waals surface area contributed by atoms with E-state index >= 15 is 0 Å². The Kier molecular flexibility index (Phi) is 5.06. The third kappa shape index (κ3) is 3.60. The fraction of sp³-hybridized carbons (Fsp3) is 0.105. The van der Waals surface area contributed by atoms with Crippen LogP contribution < -0.4 is 10.3 Å². The van der Waals surface area contributed by atoms with Gasteiger partial charge in [0.25, 0.3) is 5.56 Å². The van der Waals surface area contributed by atoms with Gasteiger partial charge in [0.2, 0.25) is 0 Å². The second-order valence-corrected chi connectivity index (χ2v) is 7.13. The number of H-pyrrole nitrogens is 1. The van der Waals surface area contributed by atoms with Crippen LogP contribution in [-0.2, 0) is 6.61 Å². The molecule has 2 aromatic carbocycles. The highest BCUT2D eigenvalue weighted by atomic mass is 32.2. The molecular formula is C19H13N5O2S2. The first-order chi connectivity index (χ1) is 13.7. The van der Waals surface area contributed by atoms with Crippen molar-refractivity contribution in [2.45, 2.75) is 11.8 Å². The van der Waals surface area contributed by atoms with E-state index in [-0.39, 0.29) is 5.56 Å². The molecule has 28 heavy (non-hydrogen) atoms. The number of aromatic nitrogens is 4. The number of benzene rings is 2. The summed E-state index contributed by atoms with van der Waals surface area (Å²) in [4.78, 5) is 19.0. The van der Waals surface area contributed by atoms with Crippen LogP contribution in [0.15, 0.2) is 52.4 Å². The maximum Gasteiger partial charge on any atom is 0.270 e. The van der Waals surface area contributed by atoms with Crippen molar-refractivity contribution in [3.05, 3.63) is 63.9 Å². The minimum absolute atomic E-state index is 0.00311. The van der Waals surface area contributed by atoms with E-state index in [2.05, 4.69) is 18.7 Å². The van der Waals surface area contributed by atoms with Crippen molar-refractivity contribution in [1.82, 2.24) is 18.7 Å². The predicted molar refractivity (Wildman–Crippen MR) is 109 cm³/mol. The van der Waals surface area contributed by atoms with Crippen LogP contribution in [0.2, 0.25) is 0 Å². The van der Waals surface area contributed by atoms with Crippen molar-refractivity contribution in [2.24, 2.45) is 0 Å². The predicted octanol–water partition coefficient (Wildman–Crippen LogP) is 3.61. The highest BCUT2D eigenvalue weighted by molar-refractivity contribution is 7.98. The molecule has 7 nitrogen and oxygen atoms in total. The molecule has 0 atom stereocenters. The average Bonchev–Trinajstić information content (AvgIpc) is 3.20. The minimum atomic E-state index is -0.441. The number of thioether (sulfide) groups is 1. The molecule has 0 radical (unpaired) electrons. The maximum absolute atomic E-state index is 12.1. The van der Waals surface area contributed by atoms with Gasteiger partial charge in [-0.15, -0.1) is 0 Å². The van der Waals surface area contributed by atoms with E-state index in [0.29, 0.717) is 28.8 Å². The molecule has 0 spiro atoms. The third-order valence-corrected chi connectivity index (χ3v) is 5.19. The van der Waals surface area contributed by atoms with Crippen molar-refractivity contribution < 1.29 is 4.74 Å². The van der Waals surface area contributed by atoms with Crippen LogP contribution in [0.4, 0.5) is 0 Å². The summed E-state index contributed by atoms with van der Waals surface area (Å²) in [6, 6.07) is 14.9. The Morgan fingerprint density at radius 3 is 2.71 bits per heavy atom. The fourth-order valence-corrected chi connectivity index (χ4v) is 3.55. The van der Waals surface area contributed by atoms with Crippen LogP contribution in [0.3, 0.4) is 0 Å². The molecule has 138 valence electrons. The number of nitrogens with zero attached hydrogens (tertiary/aromatic N) is 4. The Labute approximate surface area is 168 Å². The summed E-state index contributed by atoms with van der Waals surface area (Å²) >= 11 is 2.50. The van der Waals surface area contributed by atoms with Crippen molar-refractivity contribution in [3.8, 4) is 23.1 Å². The Morgan fingerprint density at radius 1 is 1.18 bits per heavy atom. The lowest BCUT2D eigenvalue weighted by molar-refractivity contribution is 0.306. The van der Waals surface area contributed by atoms with Crippen LogP contribution in [0.25, 0.3) is 22.3 Å². The molecule has 0 saturated heterocycles. The molecule has 0 amide bonds. The van der Waals surface area contributed by atoms with E-state index in [0.717, 1.165) is 16.6 Å². The van der Waals surface area contributed by atoms with Gasteiger partial charge in [-0.25, -0.2) is 4.98 Å². The summed E-state index contributed by atoms with van der Waals surface area (Å²) in [5.41, 5.74) is 3.33. The van der Waals surface area contributed by atoms with Crippen LogP contribution in [0.5, 0.6) is 5.75 Å². The van der Waals surface area contributed by atoms with Crippen molar-refractivity contribution in [3.63, 3.8) is 0 Å². The molecule has 0 bridgehead atoms. The summed E-state index contributed by atoms with van der Waals surface area (Å²) in [6.45, 7) is 0.399. The lowest BCUT2D eigenvalue weighted by atomic mass is 10.1. The van der Waals surface area contributed by atoms with E-state index in [1.807, 2.05) is 30.5 Å². The molecule has 2 heterocycles. The molecule has 0 aliphatic rings. The van der Waals surface area contributed by atoms with Gasteiger partial charge in [0.15, 0.2) is 5.16 Å². The summed E-state index contributed by atoms with van der Waals surface area (Å²) < 4.78 is 14.2. The molecule has 4 aromatic rings. The molecule has 0 aliphatic carbocycles. The van der Waals surface area contributed by atoms with E-state index < -0.39 is 5.56 Å². The lowest BCUT2D eigenvalue weighted by Gasteiger charge is -2.08. The fourth-order valence-electron chi connectivity index (χ4n) is 2.66. The molecule has 4 rings (SSSR count). The van der Waals surface area contributed by atoms with E-state index in [1.54, 1.807) is 24.3 Å². The van der Waals surface area contributed by atoms with Crippen LogP contribution in [-0.4, -0.2) is 25.0 Å². The van der Waals surface area contributed by atoms with E-state index in [9.17, 15) is 10.1 Å². The quantitative estimate of drug-likeness (QED) is 0.398. The van der Waals surface area contributed by atoms with Crippen LogP contribution >= 0.6 is 23.5 Å². The highest BCUT2D eigenvalue weighted by Crippen LogP contribution is 2.24. The zero-order valence-electron chi connectivity index (χ0n) is 14.7. The van der Waals surface area contributed by atoms with Gasteiger partial charge in [-0.05, 0) is 48.2 Å². The maximum atomic E-state index is 12.1. The SMILES string of the molecule is CSc1nc(-c2ccc(OCc3ccc4nsnc4c3)cc2)c(C#N)c(=O)[nH]1. The third-order valence-electron chi connectivity index (χ3n) is 4.05. The Hall–Kier alpha value is -3.22. The second kappa shape index (κ2) is 7.80. The van der Waals surface area contributed by atoms with Crippen molar-refractivity contribution in [2.75, 3.05) is 6.26 Å². The zero-order chi connectivity index (χ0) is 19.5. The average molecular weight is 407 g/mol. The number of fused-ring (bicyclic) bond motifs is 1. The molecular weight excluding hydrogens is 394 g/mol. The van der Waals surface area contributed by atoms with E-state index in [4.69, 9.17) is 4.74 Å².